The van der Waals surface area contributed by atoms with Gasteiger partial charge in [0.1, 0.15) is 0 Å². The van der Waals surface area contributed by atoms with Gasteiger partial charge < -0.3 is 5.32 Å². The maximum absolute atomic E-state index is 12.1. The largest absolute Gasteiger partial charge is 0.309 e. The number of amides is 1. The zero-order valence-electron chi connectivity index (χ0n) is 9.91. The van der Waals surface area contributed by atoms with Gasteiger partial charge >= 0.3 is 0 Å². The minimum Gasteiger partial charge on any atom is -0.309 e. The Morgan fingerprint density at radius 1 is 1.50 bits per heavy atom. The third kappa shape index (κ3) is 1.97. The first-order chi connectivity index (χ1) is 7.63. The Bertz CT molecular complexity index is 382. The minimum atomic E-state index is -0.0433. The number of hydrogen-bond donors (Lipinski definition) is 1. The molecule has 88 valence electrons. The van der Waals surface area contributed by atoms with Gasteiger partial charge in [0.15, 0.2) is 5.13 Å². The van der Waals surface area contributed by atoms with E-state index in [1.807, 2.05) is 25.8 Å². The van der Waals surface area contributed by atoms with Crippen LogP contribution in [0.5, 0.6) is 0 Å². The summed E-state index contributed by atoms with van der Waals surface area (Å²) in [4.78, 5) is 19.6. The van der Waals surface area contributed by atoms with E-state index in [1.165, 1.54) is 4.88 Å². The molecule has 4 nitrogen and oxygen atoms in total. The van der Waals surface area contributed by atoms with E-state index in [2.05, 4.69) is 10.3 Å². The second-order valence-corrected chi connectivity index (χ2v) is 5.29. The molecule has 0 spiro atoms. The van der Waals surface area contributed by atoms with Crippen LogP contribution in [-0.2, 0) is 4.79 Å². The molecule has 1 fully saturated rings. The second-order valence-electron chi connectivity index (χ2n) is 4.11. The van der Waals surface area contributed by atoms with Crippen LogP contribution < -0.4 is 10.2 Å². The van der Waals surface area contributed by atoms with Gasteiger partial charge in [0.05, 0.1) is 11.7 Å². The molecular formula is C11H17N3OS. The van der Waals surface area contributed by atoms with E-state index in [4.69, 9.17) is 0 Å². The SMILES string of the molecule is CNC1CCCN(c2nc(C)c(C)s2)C1=O. The molecule has 5 heteroatoms. The van der Waals surface area contributed by atoms with Gasteiger partial charge in [0, 0.05) is 11.4 Å². The van der Waals surface area contributed by atoms with Crippen molar-refractivity contribution in [2.24, 2.45) is 0 Å². The lowest BCUT2D eigenvalue weighted by Gasteiger charge is -2.30. The van der Waals surface area contributed by atoms with Gasteiger partial charge in [0.2, 0.25) is 5.91 Å². The molecule has 0 aliphatic carbocycles. The second kappa shape index (κ2) is 4.51. The van der Waals surface area contributed by atoms with Gasteiger partial charge in [-0.3, -0.25) is 9.69 Å². The fourth-order valence-electron chi connectivity index (χ4n) is 1.90. The molecule has 1 amide bonds. The monoisotopic (exact) mass is 239 g/mol. The van der Waals surface area contributed by atoms with Crippen molar-refractivity contribution in [2.45, 2.75) is 32.7 Å². The summed E-state index contributed by atoms with van der Waals surface area (Å²) < 4.78 is 0. The highest BCUT2D eigenvalue weighted by Crippen LogP contribution is 2.28. The zero-order valence-corrected chi connectivity index (χ0v) is 10.7. The van der Waals surface area contributed by atoms with E-state index in [0.29, 0.717) is 0 Å². The summed E-state index contributed by atoms with van der Waals surface area (Å²) in [5.74, 6) is 0.155. The van der Waals surface area contributed by atoms with E-state index >= 15 is 0 Å². The highest BCUT2D eigenvalue weighted by Gasteiger charge is 2.30. The van der Waals surface area contributed by atoms with Crippen LogP contribution in [0.1, 0.15) is 23.4 Å². The van der Waals surface area contributed by atoms with Gasteiger partial charge in [-0.15, -0.1) is 11.3 Å². The van der Waals surface area contributed by atoms with Gasteiger partial charge in [-0.05, 0) is 33.7 Å². The Labute approximate surface area is 99.7 Å². The normalized spacial score (nSPS) is 21.6. The number of nitrogens with zero attached hydrogens (tertiary/aromatic N) is 2. The van der Waals surface area contributed by atoms with E-state index < -0.39 is 0 Å². The summed E-state index contributed by atoms with van der Waals surface area (Å²) in [5.41, 5.74) is 1.03. The first-order valence-electron chi connectivity index (χ1n) is 5.56. The van der Waals surface area contributed by atoms with Crippen molar-refractivity contribution in [2.75, 3.05) is 18.5 Å². The van der Waals surface area contributed by atoms with Crippen LogP contribution in [0.3, 0.4) is 0 Å². The lowest BCUT2D eigenvalue weighted by Crippen LogP contribution is -2.49. The molecule has 1 N–H and O–H groups in total. The third-order valence-electron chi connectivity index (χ3n) is 3.04. The van der Waals surface area contributed by atoms with Crippen molar-refractivity contribution in [3.05, 3.63) is 10.6 Å². The number of likely N-dealkylation sites (N-methyl/N-ethyl adjacent to an activating group) is 1. The fraction of sp³-hybridized carbons (Fsp3) is 0.636. The van der Waals surface area contributed by atoms with Crippen LogP contribution in [0.2, 0.25) is 0 Å². The van der Waals surface area contributed by atoms with Crippen molar-refractivity contribution < 1.29 is 4.79 Å². The van der Waals surface area contributed by atoms with Crippen molar-refractivity contribution in [3.63, 3.8) is 0 Å². The first-order valence-corrected chi connectivity index (χ1v) is 6.38. The number of rotatable bonds is 2. The molecule has 1 atom stereocenters. The molecule has 1 aromatic rings. The lowest BCUT2D eigenvalue weighted by molar-refractivity contribution is -0.121. The Kier molecular flexibility index (Phi) is 3.25. The van der Waals surface area contributed by atoms with E-state index in [9.17, 15) is 4.79 Å². The topological polar surface area (TPSA) is 45.2 Å². The molecule has 1 saturated heterocycles. The molecule has 0 aromatic carbocycles. The summed E-state index contributed by atoms with van der Waals surface area (Å²) in [5, 5.41) is 3.91. The molecule has 1 unspecified atom stereocenters. The van der Waals surface area contributed by atoms with Crippen molar-refractivity contribution in [3.8, 4) is 0 Å². The molecule has 0 radical (unpaired) electrons. The van der Waals surface area contributed by atoms with Gasteiger partial charge in [-0.25, -0.2) is 4.98 Å². The predicted octanol–water partition coefficient (Wildman–Crippen LogP) is 1.47. The molecule has 1 aliphatic rings. The highest BCUT2D eigenvalue weighted by atomic mass is 32.1. The standard InChI is InChI=1S/C11H17N3OS/c1-7-8(2)16-11(13-7)14-6-4-5-9(12-3)10(14)15/h9,12H,4-6H2,1-3H3. The number of nitrogens with one attached hydrogen (secondary N) is 1. The van der Waals surface area contributed by atoms with Crippen LogP contribution in [0.15, 0.2) is 0 Å². The molecular weight excluding hydrogens is 222 g/mol. The van der Waals surface area contributed by atoms with Gasteiger partial charge in [0.25, 0.3) is 0 Å². The van der Waals surface area contributed by atoms with E-state index in [0.717, 1.165) is 30.2 Å². The summed E-state index contributed by atoms with van der Waals surface area (Å²) in [7, 11) is 1.84. The van der Waals surface area contributed by atoms with Crippen molar-refractivity contribution >= 4 is 22.4 Å². The maximum Gasteiger partial charge on any atom is 0.245 e. The Morgan fingerprint density at radius 2 is 2.25 bits per heavy atom. The van der Waals surface area contributed by atoms with E-state index in [1.54, 1.807) is 11.3 Å². The third-order valence-corrected chi connectivity index (χ3v) is 4.13. The number of aromatic nitrogens is 1. The smallest absolute Gasteiger partial charge is 0.245 e. The molecule has 0 saturated carbocycles. The number of piperidine rings is 1. The quantitative estimate of drug-likeness (QED) is 0.850. The lowest BCUT2D eigenvalue weighted by atomic mass is 10.1. The number of hydrogen-bond acceptors (Lipinski definition) is 4. The average molecular weight is 239 g/mol. The molecule has 1 aromatic heterocycles. The number of carbonyl (C=O) groups excluding carboxylic acids is 1. The number of aryl methyl sites for hydroxylation is 2. The Morgan fingerprint density at radius 3 is 2.81 bits per heavy atom. The van der Waals surface area contributed by atoms with Crippen LogP contribution in [0, 0.1) is 13.8 Å². The number of thiazole rings is 1. The summed E-state index contributed by atoms with van der Waals surface area (Å²) >= 11 is 1.60. The first kappa shape index (κ1) is 11.5. The van der Waals surface area contributed by atoms with E-state index in [-0.39, 0.29) is 11.9 Å². The number of anilines is 1. The minimum absolute atomic E-state index is 0.0433. The van der Waals surface area contributed by atoms with Crippen LogP contribution in [-0.4, -0.2) is 30.5 Å². The van der Waals surface area contributed by atoms with Gasteiger partial charge in [-0.1, -0.05) is 0 Å². The fourth-order valence-corrected chi connectivity index (χ4v) is 2.85. The van der Waals surface area contributed by atoms with Crippen molar-refractivity contribution in [1.82, 2.24) is 10.3 Å². The molecule has 16 heavy (non-hydrogen) atoms. The average Bonchev–Trinajstić information content (AvgIpc) is 2.59. The predicted molar refractivity (Wildman–Crippen MR) is 66.0 cm³/mol. The Balaban J connectivity index is 2.23. The maximum atomic E-state index is 12.1. The van der Waals surface area contributed by atoms with Crippen LogP contribution >= 0.6 is 11.3 Å². The highest BCUT2D eigenvalue weighted by molar-refractivity contribution is 7.15. The summed E-state index contributed by atoms with van der Waals surface area (Å²) in [6.45, 7) is 4.82. The van der Waals surface area contributed by atoms with Gasteiger partial charge in [-0.2, -0.15) is 0 Å². The number of carbonyl (C=O) groups is 1. The van der Waals surface area contributed by atoms with Crippen molar-refractivity contribution in [1.29, 1.82) is 0 Å². The zero-order chi connectivity index (χ0) is 11.7. The molecule has 1 aliphatic heterocycles. The van der Waals surface area contributed by atoms with Crippen LogP contribution in [0.4, 0.5) is 5.13 Å². The summed E-state index contributed by atoms with van der Waals surface area (Å²) in [6, 6.07) is -0.0433. The molecule has 2 rings (SSSR count). The van der Waals surface area contributed by atoms with Crippen LogP contribution in [0.25, 0.3) is 0 Å². The summed E-state index contributed by atoms with van der Waals surface area (Å²) in [6.07, 6.45) is 1.96. The molecule has 2 heterocycles. The molecule has 0 bridgehead atoms. The Hall–Kier alpha value is -0.940.